The standard InChI is InChI=1S/C24H23N2/c1-25-16-17-26-21-15-9-8-14-20(21)22(18-10-4-2-5-11-18)23(24(25)26)19-12-6-3-7-13-19/h2-7,10-13,16-17H,8-9,14-15H2,1H3/q+1. The predicted octanol–water partition coefficient (Wildman–Crippen LogP) is 4.98. The van der Waals surface area contributed by atoms with Crippen LogP contribution in [0.1, 0.15) is 24.1 Å². The van der Waals surface area contributed by atoms with Gasteiger partial charge in [0.2, 0.25) is 0 Å². The van der Waals surface area contributed by atoms with Gasteiger partial charge in [0.25, 0.3) is 5.65 Å². The van der Waals surface area contributed by atoms with Crippen LogP contribution in [-0.4, -0.2) is 4.40 Å². The third-order valence-electron chi connectivity index (χ3n) is 5.63. The van der Waals surface area contributed by atoms with Gasteiger partial charge in [-0.05, 0) is 30.4 Å². The minimum absolute atomic E-state index is 1.16. The van der Waals surface area contributed by atoms with Crippen LogP contribution in [0.2, 0.25) is 0 Å². The van der Waals surface area contributed by atoms with Gasteiger partial charge in [-0.3, -0.25) is 0 Å². The van der Waals surface area contributed by atoms with Crippen molar-refractivity contribution >= 4 is 5.65 Å². The first-order valence-corrected chi connectivity index (χ1v) is 9.50. The number of benzene rings is 2. The van der Waals surface area contributed by atoms with Gasteiger partial charge in [0.05, 0.1) is 12.6 Å². The zero-order valence-corrected chi connectivity index (χ0v) is 15.2. The molecule has 0 N–H and O–H groups in total. The number of hydrogen-bond acceptors (Lipinski definition) is 0. The van der Waals surface area contributed by atoms with Crippen molar-refractivity contribution in [3.8, 4) is 22.3 Å². The molecule has 5 rings (SSSR count). The molecule has 0 unspecified atom stereocenters. The van der Waals surface area contributed by atoms with Gasteiger partial charge >= 0.3 is 0 Å². The van der Waals surface area contributed by atoms with Crippen LogP contribution in [0, 0.1) is 0 Å². The quantitative estimate of drug-likeness (QED) is 0.455. The molecule has 2 heterocycles. The van der Waals surface area contributed by atoms with E-state index in [1.807, 2.05) is 0 Å². The van der Waals surface area contributed by atoms with E-state index in [1.54, 1.807) is 0 Å². The highest BCUT2D eigenvalue weighted by molar-refractivity contribution is 5.93. The maximum absolute atomic E-state index is 2.43. The van der Waals surface area contributed by atoms with Crippen molar-refractivity contribution in [3.63, 3.8) is 0 Å². The smallest absolute Gasteiger partial charge is 0.232 e. The molecule has 2 aromatic carbocycles. The molecule has 0 saturated carbocycles. The Labute approximate surface area is 154 Å². The lowest BCUT2D eigenvalue weighted by atomic mass is 9.84. The molecule has 2 nitrogen and oxygen atoms in total. The average Bonchev–Trinajstić information content (AvgIpc) is 3.10. The van der Waals surface area contributed by atoms with Crippen molar-refractivity contribution in [2.75, 3.05) is 0 Å². The fourth-order valence-electron chi connectivity index (χ4n) is 4.48. The van der Waals surface area contributed by atoms with Crippen molar-refractivity contribution in [1.29, 1.82) is 0 Å². The van der Waals surface area contributed by atoms with Crippen LogP contribution in [0.15, 0.2) is 73.1 Å². The van der Waals surface area contributed by atoms with Gasteiger partial charge in [0.15, 0.2) is 0 Å². The van der Waals surface area contributed by atoms with Crippen LogP contribution in [0.5, 0.6) is 0 Å². The van der Waals surface area contributed by atoms with Crippen LogP contribution >= 0.6 is 0 Å². The number of fused-ring (bicyclic) bond motifs is 3. The van der Waals surface area contributed by atoms with Gasteiger partial charge in [0.1, 0.15) is 18.1 Å². The van der Waals surface area contributed by atoms with Crippen molar-refractivity contribution in [1.82, 2.24) is 4.40 Å². The Morgan fingerprint density at radius 2 is 1.38 bits per heavy atom. The lowest BCUT2D eigenvalue weighted by Gasteiger charge is -2.21. The first-order chi connectivity index (χ1) is 12.8. The Hall–Kier alpha value is -2.87. The number of aromatic nitrogens is 2. The molecule has 0 fully saturated rings. The average molecular weight is 339 g/mol. The molecular formula is C24H23N2+. The highest BCUT2D eigenvalue weighted by atomic mass is 15.1. The van der Waals surface area contributed by atoms with E-state index in [4.69, 9.17) is 0 Å². The summed E-state index contributed by atoms with van der Waals surface area (Å²) in [5.74, 6) is 0. The number of pyridine rings is 1. The minimum Gasteiger partial charge on any atom is -0.232 e. The second-order valence-corrected chi connectivity index (χ2v) is 7.22. The van der Waals surface area contributed by atoms with Crippen LogP contribution in [0.4, 0.5) is 0 Å². The molecule has 1 aliphatic rings. The van der Waals surface area contributed by atoms with Gasteiger partial charge in [-0.25, -0.2) is 4.57 Å². The summed E-state index contributed by atoms with van der Waals surface area (Å²) in [4.78, 5) is 0. The molecule has 128 valence electrons. The Balaban J connectivity index is 1.99. The number of imidazole rings is 1. The van der Waals surface area contributed by atoms with Crippen LogP contribution in [-0.2, 0) is 19.9 Å². The molecule has 2 heteroatoms. The maximum atomic E-state index is 2.43. The first kappa shape index (κ1) is 15.4. The van der Waals surface area contributed by atoms with E-state index in [2.05, 4.69) is 89.1 Å². The van der Waals surface area contributed by atoms with E-state index >= 15 is 0 Å². The Bertz CT molecular complexity index is 1080. The molecule has 4 aromatic rings. The molecule has 0 spiro atoms. The molecular weight excluding hydrogens is 316 g/mol. The van der Waals surface area contributed by atoms with Gasteiger partial charge in [-0.2, -0.15) is 4.40 Å². The third kappa shape index (κ3) is 2.29. The Kier molecular flexibility index (Phi) is 3.63. The van der Waals surface area contributed by atoms with Crippen LogP contribution in [0.3, 0.4) is 0 Å². The summed E-state index contributed by atoms with van der Waals surface area (Å²) < 4.78 is 4.70. The first-order valence-electron chi connectivity index (χ1n) is 9.50. The zero-order valence-electron chi connectivity index (χ0n) is 15.2. The number of rotatable bonds is 2. The Morgan fingerprint density at radius 3 is 2.08 bits per heavy atom. The lowest BCUT2D eigenvalue weighted by molar-refractivity contribution is -0.644. The minimum atomic E-state index is 1.16. The van der Waals surface area contributed by atoms with Gasteiger partial charge in [-0.1, -0.05) is 60.7 Å². The van der Waals surface area contributed by atoms with Gasteiger partial charge in [-0.15, -0.1) is 0 Å². The molecule has 0 radical (unpaired) electrons. The van der Waals surface area contributed by atoms with Crippen LogP contribution < -0.4 is 4.57 Å². The summed E-state index contributed by atoms with van der Waals surface area (Å²) >= 11 is 0. The largest absolute Gasteiger partial charge is 0.294 e. The molecule has 0 bridgehead atoms. The van der Waals surface area contributed by atoms with E-state index < -0.39 is 0 Å². The van der Waals surface area contributed by atoms with Crippen molar-refractivity contribution < 1.29 is 4.57 Å². The summed E-state index contributed by atoms with van der Waals surface area (Å²) in [5, 5.41) is 0. The maximum Gasteiger partial charge on any atom is 0.294 e. The van der Waals surface area contributed by atoms with Crippen molar-refractivity contribution in [2.24, 2.45) is 7.05 Å². The summed E-state index contributed by atoms with van der Waals surface area (Å²) in [5.41, 5.74) is 9.71. The summed E-state index contributed by atoms with van der Waals surface area (Å²) in [6.45, 7) is 0. The fourth-order valence-corrected chi connectivity index (χ4v) is 4.48. The number of hydrogen-bond donors (Lipinski definition) is 0. The summed E-state index contributed by atoms with van der Waals surface area (Å²) in [6.07, 6.45) is 9.31. The molecule has 0 saturated heterocycles. The topological polar surface area (TPSA) is 8.29 Å². The molecule has 0 aliphatic heterocycles. The van der Waals surface area contributed by atoms with E-state index in [1.165, 1.54) is 52.0 Å². The highest BCUT2D eigenvalue weighted by Gasteiger charge is 2.29. The van der Waals surface area contributed by atoms with E-state index in [0.29, 0.717) is 0 Å². The van der Waals surface area contributed by atoms with Crippen LogP contribution in [0.25, 0.3) is 27.9 Å². The second kappa shape index (κ2) is 6.14. The molecule has 1 aliphatic carbocycles. The van der Waals surface area contributed by atoms with Crippen molar-refractivity contribution in [2.45, 2.75) is 25.7 Å². The molecule has 2 aromatic heterocycles. The zero-order chi connectivity index (χ0) is 17.5. The predicted molar refractivity (Wildman–Crippen MR) is 106 cm³/mol. The molecule has 0 amide bonds. The van der Waals surface area contributed by atoms with E-state index in [-0.39, 0.29) is 0 Å². The SMILES string of the molecule is C[n+]1ccn2c3c(c(-c4ccccc4)c(-c4ccccc4)c21)CCCC3. The van der Waals surface area contributed by atoms with Gasteiger partial charge in [0, 0.05) is 17.5 Å². The summed E-state index contributed by atoms with van der Waals surface area (Å²) in [6, 6.07) is 21.8. The normalized spacial score (nSPS) is 13.7. The monoisotopic (exact) mass is 339 g/mol. The summed E-state index contributed by atoms with van der Waals surface area (Å²) in [7, 11) is 2.16. The fraction of sp³-hybridized carbons (Fsp3) is 0.208. The Morgan fingerprint density at radius 1 is 0.769 bits per heavy atom. The highest BCUT2D eigenvalue weighted by Crippen LogP contribution is 2.41. The number of nitrogens with zero attached hydrogens (tertiary/aromatic N) is 2. The van der Waals surface area contributed by atoms with E-state index in [0.717, 1.165) is 12.8 Å². The van der Waals surface area contributed by atoms with Gasteiger partial charge < -0.3 is 0 Å². The second-order valence-electron chi connectivity index (χ2n) is 7.22. The molecule has 26 heavy (non-hydrogen) atoms. The lowest BCUT2D eigenvalue weighted by Crippen LogP contribution is -2.28. The number of aryl methyl sites for hydroxylation is 2. The van der Waals surface area contributed by atoms with Crippen molar-refractivity contribution in [3.05, 3.63) is 84.3 Å². The third-order valence-corrected chi connectivity index (χ3v) is 5.63. The van der Waals surface area contributed by atoms with E-state index in [9.17, 15) is 0 Å². The molecule has 0 atom stereocenters.